The molecule has 0 aromatic rings. The van der Waals surface area contributed by atoms with Crippen molar-refractivity contribution in [1.29, 1.82) is 0 Å². The summed E-state index contributed by atoms with van der Waals surface area (Å²) >= 11 is 0. The van der Waals surface area contributed by atoms with Gasteiger partial charge in [0.05, 0.1) is 6.61 Å². The molecule has 1 N–H and O–H groups in total. The van der Waals surface area contributed by atoms with Gasteiger partial charge in [-0.1, -0.05) is 119 Å². The number of hydrogen-bond acceptors (Lipinski definition) is 5. The molecule has 0 aromatic heterocycles. The van der Waals surface area contributed by atoms with E-state index in [0.29, 0.717) is 12.8 Å². The van der Waals surface area contributed by atoms with Gasteiger partial charge in [0, 0.05) is 12.8 Å². The molecular formula is C39H64O5. The molecular weight excluding hydrogens is 548 g/mol. The molecule has 0 aliphatic rings. The van der Waals surface area contributed by atoms with Crippen LogP contribution in [0.3, 0.4) is 0 Å². The van der Waals surface area contributed by atoms with Crippen molar-refractivity contribution >= 4 is 11.9 Å². The number of carbonyl (C=O) groups is 2. The predicted molar refractivity (Wildman–Crippen MR) is 186 cm³/mol. The highest BCUT2D eigenvalue weighted by molar-refractivity contribution is 5.70. The summed E-state index contributed by atoms with van der Waals surface area (Å²) in [5.41, 5.74) is 0. The van der Waals surface area contributed by atoms with Gasteiger partial charge >= 0.3 is 11.9 Å². The van der Waals surface area contributed by atoms with Crippen LogP contribution in [-0.2, 0) is 19.1 Å². The van der Waals surface area contributed by atoms with Crippen molar-refractivity contribution in [3.05, 3.63) is 72.9 Å². The van der Waals surface area contributed by atoms with Crippen molar-refractivity contribution < 1.29 is 24.2 Å². The van der Waals surface area contributed by atoms with E-state index in [1.165, 1.54) is 32.1 Å². The smallest absolute Gasteiger partial charge is 0.306 e. The summed E-state index contributed by atoms with van der Waals surface area (Å²) < 4.78 is 10.5. The minimum atomic E-state index is -0.800. The molecule has 0 fully saturated rings. The lowest BCUT2D eigenvalue weighted by Gasteiger charge is -2.15. The van der Waals surface area contributed by atoms with Gasteiger partial charge in [-0.3, -0.25) is 9.59 Å². The van der Waals surface area contributed by atoms with Gasteiger partial charge in [0.25, 0.3) is 0 Å². The monoisotopic (exact) mass is 612 g/mol. The zero-order valence-corrected chi connectivity index (χ0v) is 28.1. The third-order valence-corrected chi connectivity index (χ3v) is 6.98. The molecule has 0 unspecified atom stereocenters. The van der Waals surface area contributed by atoms with Gasteiger partial charge in [-0.15, -0.1) is 0 Å². The molecule has 0 bridgehead atoms. The lowest BCUT2D eigenvalue weighted by molar-refractivity contribution is -0.161. The second-order valence-corrected chi connectivity index (χ2v) is 11.2. The van der Waals surface area contributed by atoms with Crippen LogP contribution in [0.1, 0.15) is 142 Å². The lowest BCUT2D eigenvalue weighted by atomic mass is 10.1. The van der Waals surface area contributed by atoms with E-state index in [1.54, 1.807) is 0 Å². The fourth-order valence-corrected chi connectivity index (χ4v) is 4.34. The maximum atomic E-state index is 12.1. The summed E-state index contributed by atoms with van der Waals surface area (Å²) in [5.74, 6) is -0.665. The maximum Gasteiger partial charge on any atom is 0.306 e. The molecule has 250 valence electrons. The number of aliphatic hydroxyl groups excluding tert-OH is 1. The zero-order chi connectivity index (χ0) is 32.2. The average molecular weight is 613 g/mol. The van der Waals surface area contributed by atoms with E-state index in [9.17, 15) is 14.7 Å². The minimum Gasteiger partial charge on any atom is -0.462 e. The van der Waals surface area contributed by atoms with E-state index in [2.05, 4.69) is 86.8 Å². The van der Waals surface area contributed by atoms with Crippen LogP contribution >= 0.6 is 0 Å². The van der Waals surface area contributed by atoms with Crippen molar-refractivity contribution in [1.82, 2.24) is 0 Å². The van der Waals surface area contributed by atoms with Gasteiger partial charge in [-0.25, -0.2) is 0 Å². The van der Waals surface area contributed by atoms with Gasteiger partial charge in [0.1, 0.15) is 6.61 Å². The first-order valence-corrected chi connectivity index (χ1v) is 17.5. The van der Waals surface area contributed by atoms with Gasteiger partial charge in [0.2, 0.25) is 0 Å². The maximum absolute atomic E-state index is 12.1. The molecule has 0 saturated heterocycles. The molecule has 0 heterocycles. The Labute approximate surface area is 270 Å². The molecule has 0 aliphatic heterocycles. The normalized spacial score (nSPS) is 13.1. The molecule has 0 radical (unpaired) electrons. The fraction of sp³-hybridized carbons (Fsp3) is 0.641. The van der Waals surface area contributed by atoms with Gasteiger partial charge in [0.15, 0.2) is 6.10 Å². The predicted octanol–water partition coefficient (Wildman–Crippen LogP) is 10.6. The van der Waals surface area contributed by atoms with E-state index in [0.717, 1.165) is 83.5 Å². The highest BCUT2D eigenvalue weighted by Gasteiger charge is 2.16. The molecule has 0 spiro atoms. The second-order valence-electron chi connectivity index (χ2n) is 11.2. The number of ether oxygens (including phenoxy) is 2. The number of allylic oxidation sites excluding steroid dienone is 12. The van der Waals surface area contributed by atoms with Crippen LogP contribution in [0.4, 0.5) is 0 Å². The van der Waals surface area contributed by atoms with Crippen LogP contribution in [0.25, 0.3) is 0 Å². The number of aliphatic hydroxyl groups is 1. The molecule has 0 aliphatic carbocycles. The van der Waals surface area contributed by atoms with Crippen LogP contribution in [0.2, 0.25) is 0 Å². The first-order chi connectivity index (χ1) is 21.6. The Morgan fingerprint density at radius 3 is 1.52 bits per heavy atom. The second kappa shape index (κ2) is 34.8. The van der Waals surface area contributed by atoms with E-state index < -0.39 is 6.10 Å². The fourth-order valence-electron chi connectivity index (χ4n) is 4.34. The summed E-state index contributed by atoms with van der Waals surface area (Å²) in [6, 6.07) is 0. The first kappa shape index (κ1) is 41.3. The van der Waals surface area contributed by atoms with Crippen LogP contribution < -0.4 is 0 Å². The summed E-state index contributed by atoms with van der Waals surface area (Å²) in [5, 5.41) is 9.51. The topological polar surface area (TPSA) is 72.8 Å². The summed E-state index contributed by atoms with van der Waals surface area (Å²) in [4.78, 5) is 24.1. The van der Waals surface area contributed by atoms with Crippen molar-refractivity contribution in [3.63, 3.8) is 0 Å². The van der Waals surface area contributed by atoms with Crippen LogP contribution in [-0.4, -0.2) is 36.4 Å². The van der Waals surface area contributed by atoms with Crippen molar-refractivity contribution in [2.75, 3.05) is 13.2 Å². The third kappa shape index (κ3) is 32.3. The Hall–Kier alpha value is -2.66. The molecule has 0 aromatic carbocycles. The standard InChI is InChI=1S/C39H64O5/c1-3-5-7-9-11-13-15-17-19-21-23-25-27-29-31-33-38(41)43-36-37(35-40)44-39(42)34-32-30-28-26-24-22-20-18-16-14-12-10-8-6-4-2/h5,7,11-14,17-20,24,26,37,40H,3-4,6,8-10,15-16,21-23,25,27-36H2,1-2H3/t37-/m0/s1. The molecule has 1 atom stereocenters. The van der Waals surface area contributed by atoms with Crippen LogP contribution in [0, 0.1) is 0 Å². The quantitative estimate of drug-likeness (QED) is 0.0496. The number of hydrogen-bond donors (Lipinski definition) is 1. The minimum absolute atomic E-state index is 0.0943. The Bertz CT molecular complexity index is 833. The first-order valence-electron chi connectivity index (χ1n) is 17.5. The van der Waals surface area contributed by atoms with E-state index in [1.807, 2.05) is 0 Å². The van der Waals surface area contributed by atoms with Crippen molar-refractivity contribution in [2.45, 2.75) is 148 Å². The lowest BCUT2D eigenvalue weighted by Crippen LogP contribution is -2.28. The largest absolute Gasteiger partial charge is 0.462 e. The van der Waals surface area contributed by atoms with Gasteiger partial charge in [-0.2, -0.15) is 0 Å². The van der Waals surface area contributed by atoms with Crippen molar-refractivity contribution in [2.24, 2.45) is 0 Å². The van der Waals surface area contributed by atoms with E-state index in [-0.39, 0.29) is 25.2 Å². The number of esters is 2. The van der Waals surface area contributed by atoms with E-state index in [4.69, 9.17) is 9.47 Å². The SMILES string of the molecule is CCC=CCC=CCC=CCCCCCCCC(=O)OC[C@H](CO)OC(=O)CCCCC=CCC=CCC=CCCCCC. The van der Waals surface area contributed by atoms with Gasteiger partial charge in [-0.05, 0) is 83.5 Å². The Morgan fingerprint density at radius 2 is 0.977 bits per heavy atom. The Balaban J connectivity index is 3.71. The number of carbonyl (C=O) groups excluding carboxylic acids is 2. The molecule has 44 heavy (non-hydrogen) atoms. The zero-order valence-electron chi connectivity index (χ0n) is 28.1. The number of unbranched alkanes of at least 4 members (excludes halogenated alkanes) is 10. The van der Waals surface area contributed by atoms with Crippen LogP contribution in [0.15, 0.2) is 72.9 Å². The molecule has 0 saturated carbocycles. The highest BCUT2D eigenvalue weighted by Crippen LogP contribution is 2.10. The molecule has 5 heteroatoms. The van der Waals surface area contributed by atoms with Crippen LogP contribution in [0.5, 0.6) is 0 Å². The van der Waals surface area contributed by atoms with Crippen molar-refractivity contribution in [3.8, 4) is 0 Å². The molecule has 0 amide bonds. The molecule has 5 nitrogen and oxygen atoms in total. The Kier molecular flexibility index (Phi) is 32.7. The average Bonchev–Trinajstić information content (AvgIpc) is 3.02. The summed E-state index contributed by atoms with van der Waals surface area (Å²) in [6.45, 7) is 3.92. The van der Waals surface area contributed by atoms with Gasteiger partial charge < -0.3 is 14.6 Å². The third-order valence-electron chi connectivity index (χ3n) is 6.98. The summed E-state index contributed by atoms with van der Waals surface area (Å²) in [6.07, 6.45) is 45.2. The molecule has 0 rings (SSSR count). The summed E-state index contributed by atoms with van der Waals surface area (Å²) in [7, 11) is 0. The highest BCUT2D eigenvalue weighted by atomic mass is 16.6. The number of rotatable bonds is 30. The van der Waals surface area contributed by atoms with E-state index >= 15 is 0 Å². The Morgan fingerprint density at radius 1 is 0.545 bits per heavy atom.